The molecule has 1 heterocycles. The zero-order chi connectivity index (χ0) is 15.9. The van der Waals surface area contributed by atoms with E-state index >= 15 is 0 Å². The monoisotopic (exact) mass is 301 g/mol. The first-order valence-corrected chi connectivity index (χ1v) is 7.15. The summed E-state index contributed by atoms with van der Waals surface area (Å²) in [5.74, 6) is -0.0659. The molecule has 0 unspecified atom stereocenters. The fourth-order valence-corrected chi connectivity index (χ4v) is 1.95. The van der Waals surface area contributed by atoms with E-state index in [-0.39, 0.29) is 17.7 Å². The van der Waals surface area contributed by atoms with Crippen LogP contribution in [0.3, 0.4) is 0 Å². The average Bonchev–Trinajstić information content (AvgIpc) is 3.05. The first-order valence-electron chi connectivity index (χ1n) is 7.15. The van der Waals surface area contributed by atoms with Crippen molar-refractivity contribution in [2.24, 2.45) is 0 Å². The molecule has 0 saturated carbocycles. The molecule has 0 aliphatic rings. The minimum absolute atomic E-state index is 0.141. The summed E-state index contributed by atoms with van der Waals surface area (Å²) in [6.07, 6.45) is 1.45. The zero-order valence-corrected chi connectivity index (χ0v) is 12.6. The maximum absolute atomic E-state index is 11.9. The highest BCUT2D eigenvalue weighted by Gasteiger charge is 2.10. The zero-order valence-electron chi connectivity index (χ0n) is 12.6. The molecule has 22 heavy (non-hydrogen) atoms. The summed E-state index contributed by atoms with van der Waals surface area (Å²) in [5.41, 5.74) is 1.30. The van der Waals surface area contributed by atoms with Gasteiger partial charge in [0.15, 0.2) is 5.76 Å². The van der Waals surface area contributed by atoms with Crippen LogP contribution in [0.5, 0.6) is 0 Å². The van der Waals surface area contributed by atoms with Gasteiger partial charge in [-0.05, 0) is 50.2 Å². The predicted octanol–water partition coefficient (Wildman–Crippen LogP) is 3.41. The van der Waals surface area contributed by atoms with Gasteiger partial charge in [-0.25, -0.2) is 4.79 Å². The van der Waals surface area contributed by atoms with E-state index in [0.29, 0.717) is 24.5 Å². The van der Waals surface area contributed by atoms with Gasteiger partial charge in [-0.15, -0.1) is 0 Å². The summed E-state index contributed by atoms with van der Waals surface area (Å²) < 4.78 is 5.02. The maximum atomic E-state index is 11.9. The molecule has 0 radical (unpaired) electrons. The van der Waals surface area contributed by atoms with Gasteiger partial charge in [-0.1, -0.05) is 0 Å². The molecule has 0 aliphatic carbocycles. The summed E-state index contributed by atoms with van der Waals surface area (Å²) >= 11 is 0. The summed E-state index contributed by atoms with van der Waals surface area (Å²) in [4.78, 5) is 25.4. The third-order valence-corrected chi connectivity index (χ3v) is 3.19. The molecule has 0 bridgehead atoms. The lowest BCUT2D eigenvalue weighted by molar-refractivity contribution is 0.0996. The lowest BCUT2D eigenvalue weighted by Gasteiger charge is -2.19. The highest BCUT2D eigenvalue weighted by Crippen LogP contribution is 2.15. The Morgan fingerprint density at radius 3 is 2.09 bits per heavy atom. The van der Waals surface area contributed by atoms with Crippen LogP contribution in [-0.4, -0.2) is 29.9 Å². The summed E-state index contributed by atoms with van der Waals surface area (Å²) in [6, 6.07) is 10.0. The van der Waals surface area contributed by atoms with Crippen molar-refractivity contribution >= 4 is 23.3 Å². The first kappa shape index (κ1) is 15.6. The van der Waals surface area contributed by atoms with Crippen LogP contribution < -0.4 is 10.6 Å². The van der Waals surface area contributed by atoms with Crippen molar-refractivity contribution in [1.82, 2.24) is 4.90 Å². The lowest BCUT2D eigenvalue weighted by Crippen LogP contribution is -2.34. The van der Waals surface area contributed by atoms with Crippen molar-refractivity contribution < 1.29 is 14.0 Å². The van der Waals surface area contributed by atoms with Gasteiger partial charge in [-0.3, -0.25) is 4.79 Å². The Kier molecular flexibility index (Phi) is 5.19. The molecule has 1 aromatic heterocycles. The van der Waals surface area contributed by atoms with E-state index in [0.717, 1.165) is 0 Å². The highest BCUT2D eigenvalue weighted by molar-refractivity contribution is 6.02. The summed E-state index contributed by atoms with van der Waals surface area (Å²) in [6.45, 7) is 5.16. The average molecular weight is 301 g/mol. The molecule has 2 aromatic rings. The van der Waals surface area contributed by atoms with Crippen molar-refractivity contribution in [1.29, 1.82) is 0 Å². The molecule has 6 nitrogen and oxygen atoms in total. The molecule has 3 amide bonds. The van der Waals surface area contributed by atoms with Gasteiger partial charge in [-0.2, -0.15) is 0 Å². The van der Waals surface area contributed by atoms with E-state index in [2.05, 4.69) is 10.6 Å². The highest BCUT2D eigenvalue weighted by atomic mass is 16.3. The van der Waals surface area contributed by atoms with Gasteiger partial charge in [0.2, 0.25) is 0 Å². The number of nitrogens with one attached hydrogen (secondary N) is 2. The largest absolute Gasteiger partial charge is 0.459 e. The molecule has 0 saturated heterocycles. The Morgan fingerprint density at radius 2 is 1.59 bits per heavy atom. The van der Waals surface area contributed by atoms with E-state index in [1.165, 1.54) is 6.26 Å². The molecule has 2 rings (SSSR count). The number of amides is 3. The number of furan rings is 1. The number of urea groups is 1. The van der Waals surface area contributed by atoms with Crippen LogP contribution in [0.2, 0.25) is 0 Å². The van der Waals surface area contributed by atoms with Crippen LogP contribution in [0.15, 0.2) is 47.1 Å². The van der Waals surface area contributed by atoms with Crippen LogP contribution >= 0.6 is 0 Å². The molecule has 0 aliphatic heterocycles. The molecular weight excluding hydrogens is 282 g/mol. The van der Waals surface area contributed by atoms with Crippen molar-refractivity contribution in [3.8, 4) is 0 Å². The minimum Gasteiger partial charge on any atom is -0.459 e. The molecule has 0 atom stereocenters. The van der Waals surface area contributed by atoms with Crippen LogP contribution in [0, 0.1) is 0 Å². The Bertz CT molecular complexity index is 617. The maximum Gasteiger partial charge on any atom is 0.321 e. The minimum atomic E-state index is -0.315. The number of nitrogens with zero attached hydrogens (tertiary/aromatic N) is 1. The molecular formula is C16H19N3O3. The number of hydrogen-bond acceptors (Lipinski definition) is 3. The fraction of sp³-hybridized carbons (Fsp3) is 0.250. The van der Waals surface area contributed by atoms with E-state index in [9.17, 15) is 9.59 Å². The molecule has 0 fully saturated rings. The Morgan fingerprint density at radius 1 is 1.00 bits per heavy atom. The SMILES string of the molecule is CCN(CC)C(=O)Nc1ccc(NC(=O)c2ccco2)cc1. The lowest BCUT2D eigenvalue weighted by atomic mass is 10.2. The number of rotatable bonds is 5. The number of benzene rings is 1. The second-order valence-electron chi connectivity index (χ2n) is 4.61. The molecule has 0 spiro atoms. The van der Waals surface area contributed by atoms with Gasteiger partial charge in [0, 0.05) is 24.5 Å². The number of carbonyl (C=O) groups excluding carboxylic acids is 2. The van der Waals surface area contributed by atoms with Crippen molar-refractivity contribution in [3.63, 3.8) is 0 Å². The summed E-state index contributed by atoms with van der Waals surface area (Å²) in [7, 11) is 0. The number of carbonyl (C=O) groups is 2. The fourth-order valence-electron chi connectivity index (χ4n) is 1.95. The molecule has 1 aromatic carbocycles. The van der Waals surface area contributed by atoms with Crippen molar-refractivity contribution in [3.05, 3.63) is 48.4 Å². The van der Waals surface area contributed by atoms with E-state index in [1.807, 2.05) is 13.8 Å². The van der Waals surface area contributed by atoms with Crippen LogP contribution in [0.1, 0.15) is 24.4 Å². The third-order valence-electron chi connectivity index (χ3n) is 3.19. The van der Waals surface area contributed by atoms with Crippen molar-refractivity contribution in [2.75, 3.05) is 23.7 Å². The van der Waals surface area contributed by atoms with Crippen molar-refractivity contribution in [2.45, 2.75) is 13.8 Å². The van der Waals surface area contributed by atoms with Crippen LogP contribution in [-0.2, 0) is 0 Å². The Hall–Kier alpha value is -2.76. The summed E-state index contributed by atoms with van der Waals surface area (Å²) in [5, 5.41) is 5.52. The van der Waals surface area contributed by atoms with Crippen LogP contribution in [0.4, 0.5) is 16.2 Å². The quantitative estimate of drug-likeness (QED) is 0.888. The predicted molar refractivity (Wildman–Crippen MR) is 85.0 cm³/mol. The van der Waals surface area contributed by atoms with Gasteiger partial charge in [0.05, 0.1) is 6.26 Å². The molecule has 2 N–H and O–H groups in total. The van der Waals surface area contributed by atoms with Gasteiger partial charge in [0.25, 0.3) is 5.91 Å². The third kappa shape index (κ3) is 3.88. The Balaban J connectivity index is 1.95. The van der Waals surface area contributed by atoms with E-state index < -0.39 is 0 Å². The number of anilines is 2. The molecule has 116 valence electrons. The molecule has 6 heteroatoms. The van der Waals surface area contributed by atoms with E-state index in [4.69, 9.17) is 4.42 Å². The van der Waals surface area contributed by atoms with Crippen LogP contribution in [0.25, 0.3) is 0 Å². The van der Waals surface area contributed by atoms with Gasteiger partial charge < -0.3 is 20.0 Å². The normalized spacial score (nSPS) is 10.1. The smallest absolute Gasteiger partial charge is 0.321 e. The number of hydrogen-bond donors (Lipinski definition) is 2. The van der Waals surface area contributed by atoms with E-state index in [1.54, 1.807) is 41.3 Å². The second kappa shape index (κ2) is 7.31. The van der Waals surface area contributed by atoms with Gasteiger partial charge in [0.1, 0.15) is 0 Å². The second-order valence-corrected chi connectivity index (χ2v) is 4.61. The van der Waals surface area contributed by atoms with Gasteiger partial charge >= 0.3 is 6.03 Å². The first-order chi connectivity index (χ1) is 10.6. The topological polar surface area (TPSA) is 74.6 Å². The Labute approximate surface area is 129 Å². The standard InChI is InChI=1S/C16H19N3O3/c1-3-19(4-2)16(21)18-13-9-7-12(8-10-13)17-15(20)14-6-5-11-22-14/h5-11H,3-4H2,1-2H3,(H,17,20)(H,18,21).